The fourth-order valence-electron chi connectivity index (χ4n) is 6.53. The van der Waals surface area contributed by atoms with E-state index in [2.05, 4.69) is 0 Å². The number of halogens is 3. The van der Waals surface area contributed by atoms with Gasteiger partial charge in [-0.15, -0.1) is 0 Å². The highest BCUT2D eigenvalue weighted by Gasteiger charge is 2.46. The number of carbonyl (C=O) groups excluding carboxylic acids is 2. The highest BCUT2D eigenvalue weighted by Crippen LogP contribution is 2.52. The minimum atomic E-state index is -4.48. The molecule has 0 atom stereocenters. The predicted molar refractivity (Wildman–Crippen MR) is 135 cm³/mol. The number of fused-ring (bicyclic) bond motifs is 1. The second kappa shape index (κ2) is 8.93. The largest absolute Gasteiger partial charge is 0.416 e. The molecule has 0 radical (unpaired) electrons. The third-order valence-corrected chi connectivity index (χ3v) is 8.58. The molecule has 0 aliphatic heterocycles. The zero-order chi connectivity index (χ0) is 25.8. The zero-order valence-electron chi connectivity index (χ0n) is 20.5. The molecule has 1 aromatic heterocycles. The maximum absolute atomic E-state index is 14.1. The van der Waals surface area contributed by atoms with Crippen LogP contribution in [0.3, 0.4) is 0 Å². The van der Waals surface area contributed by atoms with E-state index in [1.807, 2.05) is 30.3 Å². The van der Waals surface area contributed by atoms with Gasteiger partial charge in [-0.3, -0.25) is 14.6 Å². The van der Waals surface area contributed by atoms with Crippen LogP contribution in [0.15, 0.2) is 54.6 Å². The summed E-state index contributed by atoms with van der Waals surface area (Å²) in [5.74, 6) is -0.260. The molecule has 1 spiro atoms. The maximum atomic E-state index is 14.1. The van der Waals surface area contributed by atoms with Gasteiger partial charge in [0, 0.05) is 29.0 Å². The third-order valence-electron chi connectivity index (χ3n) is 8.58. The van der Waals surface area contributed by atoms with Crippen molar-refractivity contribution >= 4 is 11.6 Å². The Bertz CT molecular complexity index is 1370. The number of nitrogens with zero attached hydrogens (tertiary/aromatic N) is 1. The third kappa shape index (κ3) is 4.20. The SMILES string of the molecule is O=C1CC2(CCC2)Cc2nc(C3CCCC3)c(C(=O)c3ccc(C(F)(F)F)cc3)c(-c3ccccc3)c21. The maximum Gasteiger partial charge on any atom is 0.416 e. The van der Waals surface area contributed by atoms with Crippen LogP contribution in [0.1, 0.15) is 101 Å². The standard InChI is InChI=1S/C31H28F3NO2/c32-31(33,34)22-13-11-21(12-14-22)29(37)27-25(19-7-2-1-3-8-19)26-23(35-28(27)20-9-4-5-10-20)17-30(15-6-16-30)18-24(26)36/h1-3,7-8,11-14,20H,4-6,9-10,15-18H2. The van der Waals surface area contributed by atoms with E-state index in [1.54, 1.807) is 0 Å². The van der Waals surface area contributed by atoms with Crippen LogP contribution < -0.4 is 0 Å². The van der Waals surface area contributed by atoms with E-state index in [1.165, 1.54) is 12.1 Å². The molecule has 0 amide bonds. The van der Waals surface area contributed by atoms with Gasteiger partial charge in [-0.25, -0.2) is 0 Å². The lowest BCUT2D eigenvalue weighted by Gasteiger charge is -2.45. The van der Waals surface area contributed by atoms with Crippen molar-refractivity contribution in [2.75, 3.05) is 0 Å². The molecule has 3 nitrogen and oxygen atoms in total. The van der Waals surface area contributed by atoms with Crippen LogP contribution in [0, 0.1) is 5.41 Å². The van der Waals surface area contributed by atoms with Gasteiger partial charge in [-0.2, -0.15) is 13.2 Å². The summed E-state index contributed by atoms with van der Waals surface area (Å²) in [7, 11) is 0. The normalized spacial score (nSPS) is 19.1. The summed E-state index contributed by atoms with van der Waals surface area (Å²) in [4.78, 5) is 32.9. The van der Waals surface area contributed by atoms with E-state index in [0.29, 0.717) is 28.8 Å². The van der Waals surface area contributed by atoms with Crippen molar-refractivity contribution in [3.63, 3.8) is 0 Å². The summed E-state index contributed by atoms with van der Waals surface area (Å²) in [5.41, 5.74) is 3.15. The van der Waals surface area contributed by atoms with E-state index in [4.69, 9.17) is 4.98 Å². The molecule has 0 N–H and O–H groups in total. The predicted octanol–water partition coefficient (Wildman–Crippen LogP) is 7.96. The van der Waals surface area contributed by atoms with Gasteiger partial charge in [0.15, 0.2) is 11.6 Å². The monoisotopic (exact) mass is 503 g/mol. The average Bonchev–Trinajstić information content (AvgIpc) is 3.41. The Balaban J connectivity index is 1.59. The van der Waals surface area contributed by atoms with Crippen molar-refractivity contribution in [3.05, 3.63) is 88.2 Å². The molecule has 0 saturated heterocycles. The molecule has 6 heteroatoms. The summed E-state index contributed by atoms with van der Waals surface area (Å²) in [6.07, 6.45) is 3.77. The van der Waals surface area contributed by atoms with Gasteiger partial charge in [-0.1, -0.05) is 61.7 Å². The summed E-state index contributed by atoms with van der Waals surface area (Å²) in [6, 6.07) is 13.8. The molecule has 1 heterocycles. The Labute approximate surface area is 214 Å². The van der Waals surface area contributed by atoms with Gasteiger partial charge < -0.3 is 0 Å². The van der Waals surface area contributed by atoms with Gasteiger partial charge in [0.05, 0.1) is 22.5 Å². The van der Waals surface area contributed by atoms with E-state index < -0.39 is 11.7 Å². The van der Waals surface area contributed by atoms with Gasteiger partial charge in [0.25, 0.3) is 0 Å². The molecule has 2 aromatic carbocycles. The lowest BCUT2D eigenvalue weighted by Crippen LogP contribution is -2.39. The number of hydrogen-bond acceptors (Lipinski definition) is 3. The molecule has 3 aromatic rings. The smallest absolute Gasteiger partial charge is 0.294 e. The van der Waals surface area contributed by atoms with Crippen molar-refractivity contribution in [2.24, 2.45) is 5.41 Å². The number of aromatic nitrogens is 1. The quantitative estimate of drug-likeness (QED) is 0.339. The van der Waals surface area contributed by atoms with Gasteiger partial charge >= 0.3 is 6.18 Å². The molecule has 0 bridgehead atoms. The molecule has 0 unspecified atom stereocenters. The molecule has 37 heavy (non-hydrogen) atoms. The lowest BCUT2D eigenvalue weighted by atomic mass is 9.59. The molecule has 2 saturated carbocycles. The number of benzene rings is 2. The van der Waals surface area contributed by atoms with Crippen molar-refractivity contribution in [1.29, 1.82) is 0 Å². The summed E-state index contributed by atoms with van der Waals surface area (Å²) in [5, 5.41) is 0. The first kappa shape index (κ1) is 24.1. The van der Waals surface area contributed by atoms with Gasteiger partial charge in [0.1, 0.15) is 0 Å². The summed E-state index contributed by atoms with van der Waals surface area (Å²) in [6.45, 7) is 0. The second-order valence-electron chi connectivity index (χ2n) is 11.0. The topological polar surface area (TPSA) is 47.0 Å². The molecule has 3 aliphatic rings. The minimum absolute atomic E-state index is 0.0169. The van der Waals surface area contributed by atoms with Crippen LogP contribution in [-0.4, -0.2) is 16.6 Å². The van der Waals surface area contributed by atoms with E-state index in [0.717, 1.165) is 74.8 Å². The zero-order valence-corrected chi connectivity index (χ0v) is 20.5. The molecule has 6 rings (SSSR count). The molecule has 190 valence electrons. The molecule has 2 fully saturated rings. The van der Waals surface area contributed by atoms with Crippen molar-refractivity contribution in [2.45, 2.75) is 69.9 Å². The highest BCUT2D eigenvalue weighted by atomic mass is 19.4. The molecule has 3 aliphatic carbocycles. The van der Waals surface area contributed by atoms with E-state index >= 15 is 0 Å². The Morgan fingerprint density at radius 1 is 0.865 bits per heavy atom. The number of hydrogen-bond donors (Lipinski definition) is 0. The van der Waals surface area contributed by atoms with Crippen molar-refractivity contribution < 1.29 is 22.8 Å². The Morgan fingerprint density at radius 2 is 1.54 bits per heavy atom. The van der Waals surface area contributed by atoms with E-state index in [9.17, 15) is 22.8 Å². The van der Waals surface area contributed by atoms with Gasteiger partial charge in [-0.05, 0) is 55.2 Å². The van der Waals surface area contributed by atoms with E-state index in [-0.39, 0.29) is 28.5 Å². The van der Waals surface area contributed by atoms with Crippen LogP contribution in [0.2, 0.25) is 0 Å². The van der Waals surface area contributed by atoms with Crippen LogP contribution in [0.25, 0.3) is 11.1 Å². The second-order valence-corrected chi connectivity index (χ2v) is 11.0. The highest BCUT2D eigenvalue weighted by molar-refractivity contribution is 6.17. The number of ketones is 2. The first-order chi connectivity index (χ1) is 17.8. The van der Waals surface area contributed by atoms with Crippen LogP contribution in [-0.2, 0) is 12.6 Å². The Kier molecular flexibility index (Phi) is 5.81. The first-order valence-corrected chi connectivity index (χ1v) is 13.1. The minimum Gasteiger partial charge on any atom is -0.294 e. The average molecular weight is 504 g/mol. The number of alkyl halides is 3. The van der Waals surface area contributed by atoms with Gasteiger partial charge in [0.2, 0.25) is 0 Å². The molecular weight excluding hydrogens is 475 g/mol. The number of carbonyl (C=O) groups is 2. The fourth-order valence-corrected chi connectivity index (χ4v) is 6.53. The molecular formula is C31H28F3NO2. The summed E-state index contributed by atoms with van der Waals surface area (Å²) >= 11 is 0. The van der Waals surface area contributed by atoms with Crippen molar-refractivity contribution in [1.82, 2.24) is 4.98 Å². The number of Topliss-reactive ketones (excluding diaryl/α,β-unsaturated/α-hetero) is 1. The van der Waals surface area contributed by atoms with Crippen LogP contribution in [0.4, 0.5) is 13.2 Å². The van der Waals surface area contributed by atoms with Crippen LogP contribution >= 0.6 is 0 Å². The lowest BCUT2D eigenvalue weighted by molar-refractivity contribution is -0.137. The Hall–Kier alpha value is -3.28. The number of rotatable bonds is 4. The Morgan fingerprint density at radius 3 is 2.14 bits per heavy atom. The first-order valence-electron chi connectivity index (χ1n) is 13.1. The number of pyridine rings is 1. The van der Waals surface area contributed by atoms with Crippen LogP contribution in [0.5, 0.6) is 0 Å². The van der Waals surface area contributed by atoms with Crippen molar-refractivity contribution in [3.8, 4) is 11.1 Å². The summed E-state index contributed by atoms with van der Waals surface area (Å²) < 4.78 is 39.6. The fraction of sp³-hybridized carbons (Fsp3) is 0.387.